The highest BCUT2D eigenvalue weighted by molar-refractivity contribution is 5.93. The summed E-state index contributed by atoms with van der Waals surface area (Å²) >= 11 is 0. The first kappa shape index (κ1) is 16.3. The molecule has 0 saturated heterocycles. The van der Waals surface area contributed by atoms with E-state index in [2.05, 4.69) is 10.1 Å². The molecular weight excluding hydrogens is 334 g/mol. The van der Waals surface area contributed by atoms with E-state index >= 15 is 0 Å². The van der Waals surface area contributed by atoms with Crippen molar-refractivity contribution in [1.29, 1.82) is 0 Å². The third-order valence-electron chi connectivity index (χ3n) is 4.54. The molecule has 3 aromatic rings. The maximum absolute atomic E-state index is 13.3. The highest BCUT2D eigenvalue weighted by Crippen LogP contribution is 2.37. The van der Waals surface area contributed by atoms with Gasteiger partial charge in [0.25, 0.3) is 5.56 Å². The van der Waals surface area contributed by atoms with Gasteiger partial charge in [0.2, 0.25) is 0 Å². The summed E-state index contributed by atoms with van der Waals surface area (Å²) in [6.07, 6.45) is 3.80. The Labute approximate surface area is 149 Å². The number of carbonyl (C=O) groups is 1. The van der Waals surface area contributed by atoms with Gasteiger partial charge < -0.3 is 10.5 Å². The summed E-state index contributed by atoms with van der Waals surface area (Å²) in [5.74, 6) is 0.423. The molecule has 8 nitrogen and oxygen atoms in total. The van der Waals surface area contributed by atoms with Gasteiger partial charge in [0.05, 0.1) is 17.1 Å². The molecule has 0 bridgehead atoms. The van der Waals surface area contributed by atoms with Crippen molar-refractivity contribution in [1.82, 2.24) is 19.3 Å². The Morgan fingerprint density at radius 3 is 2.77 bits per heavy atom. The van der Waals surface area contributed by atoms with E-state index in [0.717, 1.165) is 24.0 Å². The Morgan fingerprint density at radius 1 is 1.38 bits per heavy atom. The van der Waals surface area contributed by atoms with Crippen LogP contribution in [0.15, 0.2) is 35.4 Å². The molecule has 1 aromatic carbocycles. The second-order valence-corrected chi connectivity index (χ2v) is 6.56. The molecule has 0 aliphatic heterocycles. The normalized spacial score (nSPS) is 15.2. The molecular formula is C18H19N5O3. The molecule has 2 N–H and O–H groups in total. The molecule has 8 heteroatoms. The van der Waals surface area contributed by atoms with E-state index in [1.807, 2.05) is 25.4 Å². The number of hydrogen-bond donors (Lipinski definition) is 1. The van der Waals surface area contributed by atoms with Crippen molar-refractivity contribution in [3.05, 3.63) is 46.8 Å². The minimum Gasteiger partial charge on any atom is -0.439 e. The lowest BCUT2D eigenvalue weighted by Gasteiger charge is -2.18. The topological polar surface area (TPSA) is 105 Å². The van der Waals surface area contributed by atoms with Gasteiger partial charge >= 0.3 is 6.09 Å². The molecule has 26 heavy (non-hydrogen) atoms. The van der Waals surface area contributed by atoms with Crippen LogP contribution in [0.4, 0.5) is 4.79 Å². The molecule has 0 unspecified atom stereocenters. The van der Waals surface area contributed by atoms with Crippen molar-refractivity contribution < 1.29 is 9.53 Å². The minimum atomic E-state index is -0.890. The number of fused-ring (bicyclic) bond motifs is 1. The highest BCUT2D eigenvalue weighted by Gasteiger charge is 2.31. The third kappa shape index (κ3) is 2.73. The molecule has 0 spiro atoms. The van der Waals surface area contributed by atoms with Crippen molar-refractivity contribution in [3.63, 3.8) is 0 Å². The van der Waals surface area contributed by atoms with Gasteiger partial charge in [0, 0.05) is 24.8 Å². The zero-order valence-corrected chi connectivity index (χ0v) is 14.5. The summed E-state index contributed by atoms with van der Waals surface area (Å²) in [5.41, 5.74) is 7.21. The van der Waals surface area contributed by atoms with Crippen LogP contribution in [0.25, 0.3) is 22.0 Å². The predicted octanol–water partition coefficient (Wildman–Crippen LogP) is 2.29. The van der Waals surface area contributed by atoms with Crippen LogP contribution >= 0.6 is 0 Å². The van der Waals surface area contributed by atoms with Crippen LogP contribution in [0, 0.1) is 0 Å². The molecule has 1 fully saturated rings. The van der Waals surface area contributed by atoms with Crippen molar-refractivity contribution in [2.24, 2.45) is 12.8 Å². The number of primary amides is 1. The SMILES string of the molecule is C[C@H](OC(N)=O)c1nc2cccc(-c3cnn(C)c3)c2c(=O)n1C1CC1. The van der Waals surface area contributed by atoms with Gasteiger partial charge in [0.1, 0.15) is 0 Å². The summed E-state index contributed by atoms with van der Waals surface area (Å²) in [6, 6.07) is 5.61. The fourth-order valence-electron chi connectivity index (χ4n) is 3.26. The van der Waals surface area contributed by atoms with Crippen LogP contribution in [-0.2, 0) is 11.8 Å². The molecule has 0 radical (unpaired) electrons. The van der Waals surface area contributed by atoms with Crippen molar-refractivity contribution in [3.8, 4) is 11.1 Å². The van der Waals surface area contributed by atoms with Gasteiger partial charge in [0.15, 0.2) is 11.9 Å². The Hall–Kier alpha value is -3.16. The quantitative estimate of drug-likeness (QED) is 0.775. The van der Waals surface area contributed by atoms with Crippen LogP contribution in [-0.4, -0.2) is 25.4 Å². The molecule has 1 atom stereocenters. The average molecular weight is 353 g/mol. The summed E-state index contributed by atoms with van der Waals surface area (Å²) in [4.78, 5) is 29.1. The van der Waals surface area contributed by atoms with Crippen LogP contribution in [0.5, 0.6) is 0 Å². The lowest BCUT2D eigenvalue weighted by Crippen LogP contribution is -2.28. The monoisotopic (exact) mass is 353 g/mol. The fraction of sp³-hybridized carbons (Fsp3) is 0.333. The van der Waals surface area contributed by atoms with E-state index in [-0.39, 0.29) is 11.6 Å². The van der Waals surface area contributed by atoms with E-state index in [9.17, 15) is 9.59 Å². The van der Waals surface area contributed by atoms with Gasteiger partial charge in [-0.05, 0) is 31.4 Å². The number of benzene rings is 1. The molecule has 4 rings (SSSR count). The number of nitrogens with zero attached hydrogens (tertiary/aromatic N) is 4. The fourth-order valence-corrected chi connectivity index (χ4v) is 3.26. The molecule has 1 amide bonds. The number of aryl methyl sites for hydroxylation is 1. The zero-order valence-electron chi connectivity index (χ0n) is 14.5. The Kier molecular flexibility index (Phi) is 3.75. The van der Waals surface area contributed by atoms with E-state index in [0.29, 0.717) is 16.7 Å². The van der Waals surface area contributed by atoms with E-state index in [4.69, 9.17) is 10.5 Å². The van der Waals surface area contributed by atoms with Crippen LogP contribution in [0.1, 0.15) is 37.7 Å². The molecule has 2 heterocycles. The zero-order chi connectivity index (χ0) is 18.4. The first-order valence-electron chi connectivity index (χ1n) is 8.46. The van der Waals surface area contributed by atoms with Crippen molar-refractivity contribution >= 4 is 17.0 Å². The number of hydrogen-bond acceptors (Lipinski definition) is 5. The smallest absolute Gasteiger partial charge is 0.405 e. The third-order valence-corrected chi connectivity index (χ3v) is 4.54. The minimum absolute atomic E-state index is 0.0790. The summed E-state index contributed by atoms with van der Waals surface area (Å²) in [7, 11) is 1.83. The predicted molar refractivity (Wildman–Crippen MR) is 95.6 cm³/mol. The van der Waals surface area contributed by atoms with Gasteiger partial charge in [-0.2, -0.15) is 5.10 Å². The Balaban J connectivity index is 1.98. The van der Waals surface area contributed by atoms with Gasteiger partial charge in [-0.15, -0.1) is 0 Å². The maximum Gasteiger partial charge on any atom is 0.405 e. The van der Waals surface area contributed by atoms with Gasteiger partial charge in [-0.3, -0.25) is 14.0 Å². The summed E-state index contributed by atoms with van der Waals surface area (Å²) in [6.45, 7) is 1.67. The second-order valence-electron chi connectivity index (χ2n) is 6.56. The number of amides is 1. The first-order valence-corrected chi connectivity index (χ1v) is 8.46. The maximum atomic E-state index is 13.3. The molecule has 1 aliphatic carbocycles. The number of aromatic nitrogens is 4. The molecule has 134 valence electrons. The van der Waals surface area contributed by atoms with E-state index in [1.54, 1.807) is 28.4 Å². The highest BCUT2D eigenvalue weighted by atomic mass is 16.6. The Morgan fingerprint density at radius 2 is 2.15 bits per heavy atom. The summed E-state index contributed by atoms with van der Waals surface area (Å²) < 4.78 is 8.42. The first-order chi connectivity index (χ1) is 12.5. The van der Waals surface area contributed by atoms with Crippen LogP contribution < -0.4 is 11.3 Å². The number of rotatable bonds is 4. The molecule has 1 saturated carbocycles. The van der Waals surface area contributed by atoms with Crippen LogP contribution in [0.2, 0.25) is 0 Å². The van der Waals surface area contributed by atoms with Crippen molar-refractivity contribution in [2.45, 2.75) is 31.9 Å². The average Bonchev–Trinajstić information content (AvgIpc) is 3.33. The standard InChI is InChI=1S/C18H19N5O3/c1-10(26-18(19)25)16-21-14-5-3-4-13(11-8-20-22(2)9-11)15(14)17(24)23(16)12-6-7-12/h3-5,8-10,12H,6-7H2,1-2H3,(H2,19,25)/t10-/m0/s1. The second kappa shape index (κ2) is 5.98. The number of carbonyl (C=O) groups excluding carboxylic acids is 1. The van der Waals surface area contributed by atoms with E-state index < -0.39 is 12.2 Å². The van der Waals surface area contributed by atoms with Crippen molar-refractivity contribution in [2.75, 3.05) is 0 Å². The van der Waals surface area contributed by atoms with Gasteiger partial charge in [-0.25, -0.2) is 9.78 Å². The largest absolute Gasteiger partial charge is 0.439 e. The lowest BCUT2D eigenvalue weighted by molar-refractivity contribution is 0.109. The molecule has 2 aromatic heterocycles. The van der Waals surface area contributed by atoms with Crippen LogP contribution in [0.3, 0.4) is 0 Å². The number of ether oxygens (including phenoxy) is 1. The lowest BCUT2D eigenvalue weighted by atomic mass is 10.0. The van der Waals surface area contributed by atoms with Gasteiger partial charge in [-0.1, -0.05) is 12.1 Å². The number of nitrogens with two attached hydrogens (primary N) is 1. The Bertz CT molecular complexity index is 1060. The summed E-state index contributed by atoms with van der Waals surface area (Å²) in [5, 5.41) is 4.74. The van der Waals surface area contributed by atoms with E-state index in [1.165, 1.54) is 0 Å². The molecule has 1 aliphatic rings.